The van der Waals surface area contributed by atoms with Crippen LogP contribution in [-0.4, -0.2) is 34.7 Å². The zero-order chi connectivity index (χ0) is 23.2. The summed E-state index contributed by atoms with van der Waals surface area (Å²) in [6.45, 7) is 2.42. The molecule has 0 aliphatic carbocycles. The van der Waals surface area contributed by atoms with Crippen LogP contribution < -0.4 is 5.32 Å². The smallest absolute Gasteiger partial charge is 0.259 e. The average molecular weight is 454 g/mol. The number of hydrogen-bond donors (Lipinski definition) is 1. The molecule has 6 rings (SSSR count). The molecule has 2 aromatic heterocycles. The predicted molar refractivity (Wildman–Crippen MR) is 133 cm³/mol. The van der Waals surface area contributed by atoms with Gasteiger partial charge in [0.1, 0.15) is 0 Å². The number of para-hydroxylation sites is 2. The van der Waals surface area contributed by atoms with Crippen LogP contribution in [0.4, 0.5) is 0 Å². The molecular formula is C28H27N3O3. The Morgan fingerprint density at radius 2 is 1.38 bits per heavy atom. The summed E-state index contributed by atoms with van der Waals surface area (Å²) >= 11 is 0. The monoisotopic (exact) mass is 453 g/mol. The second-order valence-electron chi connectivity index (χ2n) is 9.29. The molecule has 0 spiro atoms. The molecule has 1 N–H and O–H groups in total. The number of fused-ring (bicyclic) bond motifs is 12. The zero-order valence-corrected chi connectivity index (χ0v) is 19.2. The fraction of sp³-hybridized carbons (Fsp3) is 0.286. The van der Waals surface area contributed by atoms with Crippen molar-refractivity contribution in [1.29, 1.82) is 0 Å². The minimum absolute atomic E-state index is 0.327. The molecule has 0 saturated carbocycles. The van der Waals surface area contributed by atoms with E-state index < -0.39 is 0 Å². The first-order chi connectivity index (χ1) is 16.7. The van der Waals surface area contributed by atoms with Crippen LogP contribution in [0.25, 0.3) is 33.0 Å². The summed E-state index contributed by atoms with van der Waals surface area (Å²) in [6.07, 6.45) is 7.16. The van der Waals surface area contributed by atoms with Crippen LogP contribution in [0.15, 0.2) is 60.9 Å². The fourth-order valence-electron chi connectivity index (χ4n) is 5.65. The quantitative estimate of drug-likeness (QED) is 0.451. The summed E-state index contributed by atoms with van der Waals surface area (Å²) in [5.41, 5.74) is 4.72. The molecule has 2 aromatic carbocycles. The standard InChI is InChI=1S/C28H27N3O3/c1-34-17-18-7-6-13-30-15-21(19-8-2-4-10-23(19)30)25-26(28(33)29-27(25)32)22-16-31(14-12-18)24-11-5-3-9-20(22)24/h2-5,8-11,15-16,18H,6-7,12-14,17H2,1H3,(H,29,32,33). The largest absolute Gasteiger partial charge is 0.384 e. The van der Waals surface area contributed by atoms with Gasteiger partial charge in [-0.1, -0.05) is 36.4 Å². The molecule has 4 aromatic rings. The molecule has 2 aliphatic rings. The lowest BCUT2D eigenvalue weighted by Crippen LogP contribution is -2.22. The molecule has 4 heterocycles. The van der Waals surface area contributed by atoms with Crippen molar-refractivity contribution in [3.63, 3.8) is 0 Å². The molecule has 1 unspecified atom stereocenters. The van der Waals surface area contributed by atoms with Gasteiger partial charge in [-0.05, 0) is 37.3 Å². The molecular weight excluding hydrogens is 426 g/mol. The Hall–Kier alpha value is -3.64. The maximum Gasteiger partial charge on any atom is 0.259 e. The Balaban J connectivity index is 1.64. The summed E-state index contributed by atoms with van der Waals surface area (Å²) in [7, 11) is 1.77. The van der Waals surface area contributed by atoms with E-state index in [4.69, 9.17) is 4.74 Å². The van der Waals surface area contributed by atoms with Crippen molar-refractivity contribution < 1.29 is 14.3 Å². The lowest BCUT2D eigenvalue weighted by molar-refractivity contribution is -0.122. The van der Waals surface area contributed by atoms with Gasteiger partial charge in [0.15, 0.2) is 0 Å². The minimum atomic E-state index is -0.330. The molecule has 172 valence electrons. The van der Waals surface area contributed by atoms with Crippen LogP contribution in [0.3, 0.4) is 0 Å². The third-order valence-electron chi connectivity index (χ3n) is 7.24. The Labute approximate surface area is 197 Å². The number of imide groups is 1. The number of hydrogen-bond acceptors (Lipinski definition) is 3. The van der Waals surface area contributed by atoms with E-state index in [1.165, 1.54) is 0 Å². The number of benzene rings is 2. The molecule has 0 fully saturated rings. The van der Waals surface area contributed by atoms with Crippen molar-refractivity contribution in [2.75, 3.05) is 13.7 Å². The molecule has 0 radical (unpaired) electrons. The van der Waals surface area contributed by atoms with E-state index in [1.807, 2.05) is 42.6 Å². The van der Waals surface area contributed by atoms with Crippen molar-refractivity contribution in [3.05, 3.63) is 72.1 Å². The van der Waals surface area contributed by atoms with Gasteiger partial charge >= 0.3 is 0 Å². The number of carbonyl (C=O) groups excluding carboxylic acids is 2. The van der Waals surface area contributed by atoms with Crippen molar-refractivity contribution in [2.45, 2.75) is 32.4 Å². The van der Waals surface area contributed by atoms with Crippen LogP contribution in [-0.2, 0) is 27.4 Å². The first-order valence-electron chi connectivity index (χ1n) is 11.9. The van der Waals surface area contributed by atoms with E-state index in [-0.39, 0.29) is 11.8 Å². The number of carbonyl (C=O) groups is 2. The van der Waals surface area contributed by atoms with Gasteiger partial charge in [-0.3, -0.25) is 14.9 Å². The van der Waals surface area contributed by atoms with Gasteiger partial charge in [0.2, 0.25) is 0 Å². The average Bonchev–Trinajstić information content (AvgIpc) is 3.48. The topological polar surface area (TPSA) is 65.3 Å². The Bertz CT molecular complexity index is 1470. The Kier molecular flexibility index (Phi) is 5.11. The first-order valence-corrected chi connectivity index (χ1v) is 11.9. The lowest BCUT2D eigenvalue weighted by atomic mass is 9.95. The van der Waals surface area contributed by atoms with Crippen LogP contribution in [0.5, 0.6) is 0 Å². The van der Waals surface area contributed by atoms with Crippen molar-refractivity contribution in [2.24, 2.45) is 5.92 Å². The lowest BCUT2D eigenvalue weighted by Gasteiger charge is -2.17. The van der Waals surface area contributed by atoms with Crippen molar-refractivity contribution >= 4 is 44.8 Å². The van der Waals surface area contributed by atoms with E-state index in [0.717, 1.165) is 71.9 Å². The summed E-state index contributed by atoms with van der Waals surface area (Å²) in [4.78, 5) is 26.3. The number of methoxy groups -OCH3 is 1. The molecule has 6 heteroatoms. The van der Waals surface area contributed by atoms with Gasteiger partial charge in [-0.25, -0.2) is 0 Å². The summed E-state index contributed by atoms with van der Waals surface area (Å²) < 4.78 is 9.99. The van der Waals surface area contributed by atoms with Crippen LogP contribution in [0, 0.1) is 5.92 Å². The number of aryl methyl sites for hydroxylation is 2. The van der Waals surface area contributed by atoms with Crippen molar-refractivity contribution in [1.82, 2.24) is 14.5 Å². The second kappa shape index (κ2) is 8.29. The molecule has 0 saturated heterocycles. The minimum Gasteiger partial charge on any atom is -0.384 e. The Morgan fingerprint density at radius 3 is 1.97 bits per heavy atom. The van der Waals surface area contributed by atoms with Gasteiger partial charge in [0.05, 0.1) is 11.1 Å². The molecule has 6 nitrogen and oxygen atoms in total. The van der Waals surface area contributed by atoms with Crippen molar-refractivity contribution in [3.8, 4) is 0 Å². The van der Waals surface area contributed by atoms with E-state index in [0.29, 0.717) is 17.1 Å². The van der Waals surface area contributed by atoms with E-state index in [2.05, 4.69) is 32.8 Å². The van der Waals surface area contributed by atoms with Gasteiger partial charge < -0.3 is 13.9 Å². The fourth-order valence-corrected chi connectivity index (χ4v) is 5.65. The SMILES string of the molecule is COCC1CCCn2cc(c3ccccc32)C2=C(C(=O)NC2=O)c2cn(c3ccccc23)CC1. The van der Waals surface area contributed by atoms with Gasteiger partial charge in [-0.15, -0.1) is 0 Å². The van der Waals surface area contributed by atoms with Crippen LogP contribution in [0.1, 0.15) is 30.4 Å². The third kappa shape index (κ3) is 3.29. The number of nitrogens with one attached hydrogen (secondary N) is 1. The second-order valence-corrected chi connectivity index (χ2v) is 9.29. The predicted octanol–water partition coefficient (Wildman–Crippen LogP) is 4.61. The summed E-state index contributed by atoms with van der Waals surface area (Å²) in [6, 6.07) is 16.3. The molecule has 1 atom stereocenters. The number of rotatable bonds is 2. The highest BCUT2D eigenvalue weighted by atomic mass is 16.5. The molecule has 2 amide bonds. The number of amides is 2. The summed E-state index contributed by atoms with van der Waals surface area (Å²) in [5.74, 6) is -0.207. The van der Waals surface area contributed by atoms with Gasteiger partial charge in [0.25, 0.3) is 11.8 Å². The van der Waals surface area contributed by atoms with E-state index in [9.17, 15) is 9.59 Å². The van der Waals surface area contributed by atoms with Gasteiger partial charge in [-0.2, -0.15) is 0 Å². The molecule has 2 aliphatic heterocycles. The highest BCUT2D eigenvalue weighted by Gasteiger charge is 2.35. The number of ether oxygens (including phenoxy) is 1. The molecule has 4 bridgehead atoms. The first kappa shape index (κ1) is 20.9. The van der Waals surface area contributed by atoms with Crippen LogP contribution in [0.2, 0.25) is 0 Å². The zero-order valence-electron chi connectivity index (χ0n) is 19.2. The highest BCUT2D eigenvalue weighted by Crippen LogP contribution is 2.39. The normalized spacial score (nSPS) is 18.9. The maximum atomic E-state index is 13.2. The third-order valence-corrected chi connectivity index (χ3v) is 7.24. The molecule has 34 heavy (non-hydrogen) atoms. The highest BCUT2D eigenvalue weighted by molar-refractivity contribution is 6.50. The summed E-state index contributed by atoms with van der Waals surface area (Å²) in [5, 5.41) is 4.56. The van der Waals surface area contributed by atoms with E-state index in [1.54, 1.807) is 7.11 Å². The van der Waals surface area contributed by atoms with Gasteiger partial charge in [0, 0.05) is 72.1 Å². The van der Waals surface area contributed by atoms with Crippen LogP contribution >= 0.6 is 0 Å². The van der Waals surface area contributed by atoms with E-state index >= 15 is 0 Å². The number of aromatic nitrogens is 2. The maximum absolute atomic E-state index is 13.2. The Morgan fingerprint density at radius 1 is 0.824 bits per heavy atom. The number of nitrogens with zero attached hydrogens (tertiary/aromatic N) is 2.